The molecule has 0 spiro atoms. The maximum Gasteiger partial charge on any atom is 0.238 e. The molecule has 0 saturated carbocycles. The van der Waals surface area contributed by atoms with Crippen LogP contribution in [0.1, 0.15) is 17.3 Å². The van der Waals surface area contributed by atoms with E-state index in [-0.39, 0.29) is 11.7 Å². The Labute approximate surface area is 107 Å². The van der Waals surface area contributed by atoms with Crippen molar-refractivity contribution in [3.8, 4) is 0 Å². The average Bonchev–Trinajstić information content (AvgIpc) is 2.29. The Morgan fingerprint density at radius 1 is 1.28 bits per heavy atom. The first-order chi connectivity index (χ1) is 8.52. The zero-order valence-electron chi connectivity index (χ0n) is 10.8. The van der Waals surface area contributed by atoms with Crippen molar-refractivity contribution in [2.45, 2.75) is 6.92 Å². The van der Waals surface area contributed by atoms with Crippen molar-refractivity contribution in [1.82, 2.24) is 4.90 Å². The first kappa shape index (κ1) is 14.3. The molecule has 18 heavy (non-hydrogen) atoms. The van der Waals surface area contributed by atoms with Crippen LogP contribution in [0.4, 0.5) is 5.69 Å². The highest BCUT2D eigenvalue weighted by atomic mass is 16.2. The summed E-state index contributed by atoms with van der Waals surface area (Å²) in [6.07, 6.45) is 0. The third-order valence-electron chi connectivity index (χ3n) is 2.50. The smallest absolute Gasteiger partial charge is 0.238 e. The zero-order valence-corrected chi connectivity index (χ0v) is 10.8. The number of rotatable bonds is 6. The summed E-state index contributed by atoms with van der Waals surface area (Å²) < 4.78 is 0. The van der Waals surface area contributed by atoms with Gasteiger partial charge in [0.25, 0.3) is 0 Å². The Hall–Kier alpha value is -1.72. The average molecular weight is 249 g/mol. The molecule has 0 bridgehead atoms. The lowest BCUT2D eigenvalue weighted by atomic mass is 10.1. The Morgan fingerprint density at radius 2 is 1.89 bits per heavy atom. The van der Waals surface area contributed by atoms with E-state index >= 15 is 0 Å². The van der Waals surface area contributed by atoms with Gasteiger partial charge >= 0.3 is 0 Å². The molecule has 1 aromatic rings. The van der Waals surface area contributed by atoms with Gasteiger partial charge in [0.15, 0.2) is 5.78 Å². The minimum Gasteiger partial charge on any atom is -0.329 e. The summed E-state index contributed by atoms with van der Waals surface area (Å²) in [4.78, 5) is 24.6. The van der Waals surface area contributed by atoms with Crippen molar-refractivity contribution >= 4 is 17.4 Å². The molecular formula is C13H19N3O2. The van der Waals surface area contributed by atoms with Gasteiger partial charge in [-0.3, -0.25) is 14.5 Å². The van der Waals surface area contributed by atoms with E-state index in [1.54, 1.807) is 24.3 Å². The molecule has 0 saturated heterocycles. The van der Waals surface area contributed by atoms with Crippen molar-refractivity contribution in [1.29, 1.82) is 0 Å². The number of benzene rings is 1. The zero-order chi connectivity index (χ0) is 13.5. The molecule has 1 rings (SSSR count). The fourth-order valence-corrected chi connectivity index (χ4v) is 1.53. The Kier molecular flexibility index (Phi) is 5.48. The van der Waals surface area contributed by atoms with E-state index in [4.69, 9.17) is 5.73 Å². The predicted molar refractivity (Wildman–Crippen MR) is 71.6 cm³/mol. The Bertz CT molecular complexity index is 415. The molecule has 0 atom stereocenters. The molecule has 3 N–H and O–H groups in total. The van der Waals surface area contributed by atoms with Crippen LogP contribution in [0.25, 0.3) is 0 Å². The molecule has 98 valence electrons. The van der Waals surface area contributed by atoms with Crippen LogP contribution >= 0.6 is 0 Å². The first-order valence-electron chi connectivity index (χ1n) is 5.82. The van der Waals surface area contributed by atoms with E-state index < -0.39 is 0 Å². The molecule has 0 fully saturated rings. The van der Waals surface area contributed by atoms with Crippen LogP contribution < -0.4 is 11.1 Å². The number of carbonyl (C=O) groups excluding carboxylic acids is 2. The summed E-state index contributed by atoms with van der Waals surface area (Å²) in [5.74, 6) is -0.0860. The highest BCUT2D eigenvalue weighted by Crippen LogP contribution is 2.09. The third kappa shape index (κ3) is 4.65. The lowest BCUT2D eigenvalue weighted by molar-refractivity contribution is -0.117. The molecular weight excluding hydrogens is 230 g/mol. The largest absolute Gasteiger partial charge is 0.329 e. The highest BCUT2D eigenvalue weighted by Gasteiger charge is 2.06. The standard InChI is InChI=1S/C13H19N3O2/c1-10(17)11-3-5-12(6-4-11)15-13(18)9-16(2)8-7-14/h3-6H,7-9,14H2,1-2H3,(H,15,18). The van der Waals surface area contributed by atoms with Crippen molar-refractivity contribution in [3.05, 3.63) is 29.8 Å². The quantitative estimate of drug-likeness (QED) is 0.728. The molecule has 0 radical (unpaired) electrons. The monoisotopic (exact) mass is 249 g/mol. The molecule has 0 aliphatic heterocycles. The molecule has 0 unspecified atom stereocenters. The number of nitrogens with zero attached hydrogens (tertiary/aromatic N) is 1. The van der Waals surface area contributed by atoms with Gasteiger partial charge < -0.3 is 11.1 Å². The molecule has 1 amide bonds. The minimum atomic E-state index is -0.0958. The second kappa shape index (κ2) is 6.88. The van der Waals surface area contributed by atoms with Crippen LogP contribution in [0.3, 0.4) is 0 Å². The summed E-state index contributed by atoms with van der Waals surface area (Å²) in [6.45, 7) is 3.01. The number of amides is 1. The van der Waals surface area contributed by atoms with E-state index in [1.165, 1.54) is 6.92 Å². The van der Waals surface area contributed by atoms with Crippen LogP contribution in [-0.4, -0.2) is 43.3 Å². The molecule has 5 nitrogen and oxygen atoms in total. The number of ketones is 1. The van der Waals surface area contributed by atoms with E-state index in [0.717, 1.165) is 0 Å². The number of nitrogens with one attached hydrogen (secondary N) is 1. The van der Waals surface area contributed by atoms with Gasteiger partial charge in [0.2, 0.25) is 5.91 Å². The van der Waals surface area contributed by atoms with Crippen LogP contribution in [-0.2, 0) is 4.79 Å². The fraction of sp³-hybridized carbons (Fsp3) is 0.385. The van der Waals surface area contributed by atoms with Crippen molar-refractivity contribution in [2.24, 2.45) is 5.73 Å². The number of carbonyl (C=O) groups is 2. The van der Waals surface area contributed by atoms with Gasteiger partial charge in [0, 0.05) is 24.3 Å². The fourth-order valence-electron chi connectivity index (χ4n) is 1.53. The summed E-state index contributed by atoms with van der Waals surface area (Å²) in [5, 5.41) is 2.76. The van der Waals surface area contributed by atoms with E-state index in [0.29, 0.717) is 30.9 Å². The summed E-state index contributed by atoms with van der Waals surface area (Å²) in [6, 6.07) is 6.83. The van der Waals surface area contributed by atoms with Gasteiger partial charge in [-0.05, 0) is 38.2 Å². The van der Waals surface area contributed by atoms with Crippen molar-refractivity contribution in [2.75, 3.05) is 32.0 Å². The molecule has 0 heterocycles. The van der Waals surface area contributed by atoms with E-state index in [9.17, 15) is 9.59 Å². The summed E-state index contributed by atoms with van der Waals surface area (Å²) in [5.41, 5.74) is 6.72. The summed E-state index contributed by atoms with van der Waals surface area (Å²) in [7, 11) is 1.84. The maximum absolute atomic E-state index is 11.7. The second-order valence-electron chi connectivity index (χ2n) is 4.21. The number of hydrogen-bond donors (Lipinski definition) is 2. The first-order valence-corrected chi connectivity index (χ1v) is 5.82. The minimum absolute atomic E-state index is 0.00977. The van der Waals surface area contributed by atoms with Crippen molar-refractivity contribution < 1.29 is 9.59 Å². The number of likely N-dealkylation sites (N-methyl/N-ethyl adjacent to an activating group) is 1. The molecule has 5 heteroatoms. The topological polar surface area (TPSA) is 75.4 Å². The van der Waals surface area contributed by atoms with Crippen molar-refractivity contribution in [3.63, 3.8) is 0 Å². The van der Waals surface area contributed by atoms with Gasteiger partial charge in [-0.2, -0.15) is 0 Å². The van der Waals surface area contributed by atoms with E-state index in [1.807, 2.05) is 11.9 Å². The normalized spacial score (nSPS) is 10.4. The van der Waals surface area contributed by atoms with Gasteiger partial charge in [0.1, 0.15) is 0 Å². The van der Waals surface area contributed by atoms with Crippen LogP contribution in [0, 0.1) is 0 Å². The SMILES string of the molecule is CC(=O)c1ccc(NC(=O)CN(C)CCN)cc1. The number of nitrogens with two attached hydrogens (primary N) is 1. The van der Waals surface area contributed by atoms with E-state index in [2.05, 4.69) is 5.32 Å². The lowest BCUT2D eigenvalue weighted by Gasteiger charge is -2.14. The third-order valence-corrected chi connectivity index (χ3v) is 2.50. The molecule has 0 aliphatic rings. The van der Waals surface area contributed by atoms with Crippen LogP contribution in [0.5, 0.6) is 0 Å². The van der Waals surface area contributed by atoms with Gasteiger partial charge in [0.05, 0.1) is 6.54 Å². The van der Waals surface area contributed by atoms with Gasteiger partial charge in [-0.1, -0.05) is 0 Å². The molecule has 0 aliphatic carbocycles. The molecule has 1 aromatic carbocycles. The molecule has 0 aromatic heterocycles. The predicted octanol–water partition coefficient (Wildman–Crippen LogP) is 0.718. The van der Waals surface area contributed by atoms with Gasteiger partial charge in [-0.25, -0.2) is 0 Å². The highest BCUT2D eigenvalue weighted by molar-refractivity contribution is 5.96. The van der Waals surface area contributed by atoms with Crippen LogP contribution in [0.15, 0.2) is 24.3 Å². The van der Waals surface area contributed by atoms with Crippen LogP contribution in [0.2, 0.25) is 0 Å². The lowest BCUT2D eigenvalue weighted by Crippen LogP contribution is -2.33. The number of anilines is 1. The Balaban J connectivity index is 2.51. The number of hydrogen-bond acceptors (Lipinski definition) is 4. The maximum atomic E-state index is 11.7. The second-order valence-corrected chi connectivity index (χ2v) is 4.21. The Morgan fingerprint density at radius 3 is 2.39 bits per heavy atom. The number of Topliss-reactive ketones (excluding diaryl/α,β-unsaturated/α-hetero) is 1. The summed E-state index contributed by atoms with van der Waals surface area (Å²) >= 11 is 0. The van der Waals surface area contributed by atoms with Gasteiger partial charge in [-0.15, -0.1) is 0 Å².